The van der Waals surface area contributed by atoms with Gasteiger partial charge in [-0.25, -0.2) is 4.98 Å². The fourth-order valence-electron chi connectivity index (χ4n) is 4.16. The van der Waals surface area contributed by atoms with E-state index in [2.05, 4.69) is 37.0 Å². The van der Waals surface area contributed by atoms with Crippen LogP contribution in [0, 0.1) is 5.92 Å². The summed E-state index contributed by atoms with van der Waals surface area (Å²) in [6, 6.07) is 8.67. The van der Waals surface area contributed by atoms with E-state index in [0.29, 0.717) is 17.8 Å². The van der Waals surface area contributed by atoms with E-state index in [9.17, 15) is 0 Å². The van der Waals surface area contributed by atoms with Crippen molar-refractivity contribution in [3.63, 3.8) is 0 Å². The molecule has 5 rings (SSSR count). The zero-order chi connectivity index (χ0) is 18.4. The van der Waals surface area contributed by atoms with Gasteiger partial charge >= 0.3 is 0 Å². The maximum absolute atomic E-state index is 6.28. The Kier molecular flexibility index (Phi) is 4.44. The minimum absolute atomic E-state index is 0.174. The van der Waals surface area contributed by atoms with E-state index in [1.54, 1.807) is 0 Å². The van der Waals surface area contributed by atoms with Crippen molar-refractivity contribution >= 4 is 40.2 Å². The van der Waals surface area contributed by atoms with Crippen LogP contribution in [0.25, 0.3) is 11.2 Å². The molecule has 5 nitrogen and oxygen atoms in total. The Morgan fingerprint density at radius 2 is 1.74 bits per heavy atom. The Morgan fingerprint density at radius 3 is 2.44 bits per heavy atom. The highest BCUT2D eigenvalue weighted by Gasteiger charge is 2.33. The fourth-order valence-corrected chi connectivity index (χ4v) is 4.45. The molecule has 0 amide bonds. The molecule has 1 aromatic carbocycles. The topological polar surface area (TPSA) is 55.6 Å². The Bertz CT molecular complexity index is 958. The van der Waals surface area contributed by atoms with Crippen LogP contribution in [0.2, 0.25) is 10.3 Å². The molecule has 27 heavy (non-hydrogen) atoms. The standard InChI is InChI=1S/C20H21Cl2N5/c21-14-9-7-13(8-10-14)16(12-5-6-12)24-18-17-19(26-20(22)25-18)27(11-23-17)15-3-1-2-4-15/h7-12,15-16H,1-6H2,(H,24,25,26). The van der Waals surface area contributed by atoms with Crippen molar-refractivity contribution in [2.75, 3.05) is 5.32 Å². The number of nitrogens with zero attached hydrogens (tertiary/aromatic N) is 4. The molecule has 0 radical (unpaired) electrons. The Hall–Kier alpha value is -1.85. The van der Waals surface area contributed by atoms with Crippen molar-refractivity contribution in [3.8, 4) is 0 Å². The smallest absolute Gasteiger partial charge is 0.226 e. The third kappa shape index (κ3) is 3.39. The normalized spacial score (nSPS) is 18.9. The minimum atomic E-state index is 0.174. The third-order valence-corrected chi connectivity index (χ3v) is 6.15. The van der Waals surface area contributed by atoms with Crippen molar-refractivity contribution in [1.29, 1.82) is 0 Å². The number of aromatic nitrogens is 4. The van der Waals surface area contributed by atoms with Gasteiger partial charge in [0, 0.05) is 11.1 Å². The monoisotopic (exact) mass is 401 g/mol. The second-order valence-corrected chi connectivity index (χ2v) is 8.39. The van der Waals surface area contributed by atoms with Gasteiger partial charge in [-0.3, -0.25) is 0 Å². The van der Waals surface area contributed by atoms with Gasteiger partial charge in [0.25, 0.3) is 0 Å². The van der Waals surface area contributed by atoms with Crippen LogP contribution in [0.1, 0.15) is 56.2 Å². The zero-order valence-corrected chi connectivity index (χ0v) is 16.4. The Morgan fingerprint density at radius 1 is 1.00 bits per heavy atom. The van der Waals surface area contributed by atoms with Crippen LogP contribution in [-0.4, -0.2) is 19.5 Å². The number of hydrogen-bond acceptors (Lipinski definition) is 4. The van der Waals surface area contributed by atoms with Gasteiger partial charge in [-0.05, 0) is 60.9 Å². The molecule has 2 saturated carbocycles. The summed E-state index contributed by atoms with van der Waals surface area (Å²) in [5.74, 6) is 1.31. The fraction of sp³-hybridized carbons (Fsp3) is 0.450. The summed E-state index contributed by atoms with van der Waals surface area (Å²) >= 11 is 12.3. The number of halogens is 2. The number of rotatable bonds is 5. The zero-order valence-electron chi connectivity index (χ0n) is 14.9. The molecular formula is C20H21Cl2N5. The Balaban J connectivity index is 1.52. The van der Waals surface area contributed by atoms with Gasteiger partial charge in [0.05, 0.1) is 12.4 Å². The highest BCUT2D eigenvalue weighted by molar-refractivity contribution is 6.30. The van der Waals surface area contributed by atoms with E-state index in [1.807, 2.05) is 18.5 Å². The number of nitrogens with one attached hydrogen (secondary N) is 1. The lowest BCUT2D eigenvalue weighted by molar-refractivity contribution is 0.529. The van der Waals surface area contributed by atoms with E-state index in [-0.39, 0.29) is 11.3 Å². The maximum atomic E-state index is 6.28. The van der Waals surface area contributed by atoms with E-state index in [4.69, 9.17) is 23.2 Å². The number of fused-ring (bicyclic) bond motifs is 1. The predicted octanol–water partition coefficient (Wildman–Crippen LogP) is 5.81. The molecule has 0 aliphatic heterocycles. The average Bonchev–Trinajstić information content (AvgIpc) is 3.18. The van der Waals surface area contributed by atoms with Gasteiger partial charge in [-0.1, -0.05) is 36.6 Å². The van der Waals surface area contributed by atoms with Gasteiger partial charge in [0.2, 0.25) is 5.28 Å². The van der Waals surface area contributed by atoms with Crippen LogP contribution >= 0.6 is 23.2 Å². The number of anilines is 1. The summed E-state index contributed by atoms with van der Waals surface area (Å²) in [5, 5.41) is 4.62. The molecule has 2 fully saturated rings. The molecule has 2 aromatic heterocycles. The van der Waals surface area contributed by atoms with Gasteiger partial charge in [-0.2, -0.15) is 9.97 Å². The van der Waals surface area contributed by atoms with Crippen LogP contribution in [-0.2, 0) is 0 Å². The first kappa shape index (κ1) is 17.3. The summed E-state index contributed by atoms with van der Waals surface area (Å²) in [5.41, 5.74) is 2.83. The third-order valence-electron chi connectivity index (χ3n) is 5.73. The van der Waals surface area contributed by atoms with E-state index >= 15 is 0 Å². The van der Waals surface area contributed by atoms with Gasteiger partial charge in [-0.15, -0.1) is 0 Å². The SMILES string of the molecule is Clc1ccc(C(Nc2nc(Cl)nc3c2ncn3C2CCCC2)C2CC2)cc1. The molecule has 0 spiro atoms. The average molecular weight is 402 g/mol. The van der Waals surface area contributed by atoms with Crippen molar-refractivity contribution in [2.24, 2.45) is 5.92 Å². The second-order valence-electron chi connectivity index (χ2n) is 7.61. The first-order chi connectivity index (χ1) is 13.2. The quantitative estimate of drug-likeness (QED) is 0.547. The number of imidazole rings is 1. The van der Waals surface area contributed by atoms with Crippen LogP contribution < -0.4 is 5.32 Å². The molecular weight excluding hydrogens is 381 g/mol. The molecule has 2 aliphatic carbocycles. The lowest BCUT2D eigenvalue weighted by atomic mass is 10.0. The van der Waals surface area contributed by atoms with Crippen molar-refractivity contribution < 1.29 is 0 Å². The highest BCUT2D eigenvalue weighted by Crippen LogP contribution is 2.43. The molecule has 7 heteroatoms. The van der Waals surface area contributed by atoms with Crippen molar-refractivity contribution in [2.45, 2.75) is 50.6 Å². The van der Waals surface area contributed by atoms with Gasteiger partial charge in [0.1, 0.15) is 0 Å². The largest absolute Gasteiger partial charge is 0.361 e. The van der Waals surface area contributed by atoms with Crippen LogP contribution in [0.15, 0.2) is 30.6 Å². The molecule has 1 N–H and O–H groups in total. The van der Waals surface area contributed by atoms with E-state index in [0.717, 1.165) is 16.2 Å². The second kappa shape index (κ2) is 6.95. The minimum Gasteiger partial charge on any atom is -0.361 e. The number of hydrogen-bond donors (Lipinski definition) is 1. The molecule has 3 aromatic rings. The first-order valence-electron chi connectivity index (χ1n) is 9.61. The van der Waals surface area contributed by atoms with E-state index < -0.39 is 0 Å². The molecule has 2 aliphatic rings. The Labute approximate surface area is 168 Å². The van der Waals surface area contributed by atoms with Crippen LogP contribution in [0.5, 0.6) is 0 Å². The summed E-state index contributed by atoms with van der Waals surface area (Å²) in [6.45, 7) is 0. The lowest BCUT2D eigenvalue weighted by Crippen LogP contribution is -2.15. The lowest BCUT2D eigenvalue weighted by Gasteiger charge is -2.20. The van der Waals surface area contributed by atoms with Gasteiger partial charge in [0.15, 0.2) is 17.0 Å². The summed E-state index contributed by atoms with van der Waals surface area (Å²) in [6.07, 6.45) is 9.17. The predicted molar refractivity (Wildman–Crippen MR) is 108 cm³/mol. The maximum Gasteiger partial charge on any atom is 0.226 e. The molecule has 140 valence electrons. The number of benzene rings is 1. The highest BCUT2D eigenvalue weighted by atomic mass is 35.5. The molecule has 1 atom stereocenters. The molecule has 2 heterocycles. The van der Waals surface area contributed by atoms with Crippen molar-refractivity contribution in [1.82, 2.24) is 19.5 Å². The summed E-state index contributed by atoms with van der Waals surface area (Å²) in [4.78, 5) is 13.6. The summed E-state index contributed by atoms with van der Waals surface area (Å²) < 4.78 is 2.18. The first-order valence-corrected chi connectivity index (χ1v) is 10.4. The van der Waals surface area contributed by atoms with Crippen LogP contribution in [0.4, 0.5) is 5.82 Å². The summed E-state index contributed by atoms with van der Waals surface area (Å²) in [7, 11) is 0. The molecule has 0 bridgehead atoms. The van der Waals surface area contributed by atoms with Crippen LogP contribution in [0.3, 0.4) is 0 Å². The molecule has 1 unspecified atom stereocenters. The molecule has 0 saturated heterocycles. The van der Waals surface area contributed by atoms with Gasteiger partial charge < -0.3 is 9.88 Å². The van der Waals surface area contributed by atoms with Crippen molar-refractivity contribution in [3.05, 3.63) is 46.5 Å². The van der Waals surface area contributed by atoms with E-state index in [1.165, 1.54) is 44.1 Å².